The number of aromatic hydroxyl groups is 1. The highest BCUT2D eigenvalue weighted by molar-refractivity contribution is 7.22. The number of anilines is 1. The van der Waals surface area contributed by atoms with Crippen molar-refractivity contribution in [3.05, 3.63) is 54.1 Å². The summed E-state index contributed by atoms with van der Waals surface area (Å²) >= 11 is 1.50. The number of amides is 1. The molecule has 0 aliphatic carbocycles. The van der Waals surface area contributed by atoms with Gasteiger partial charge in [-0.15, -0.1) is 0 Å². The minimum absolute atomic E-state index is 0.189. The molecule has 0 radical (unpaired) electrons. The molecule has 0 bridgehead atoms. The number of hydrazone groups is 1. The number of hydrogen-bond donors (Lipinski definition) is 3. The fraction of sp³-hybridized carbons (Fsp3) is 0.167. The predicted octanol–water partition coefficient (Wildman–Crippen LogP) is 3.34. The molecule has 1 heterocycles. The van der Waals surface area contributed by atoms with Gasteiger partial charge in [0, 0.05) is 0 Å². The van der Waals surface area contributed by atoms with Crippen LogP contribution in [0, 0.1) is 0 Å². The molecule has 0 aliphatic rings. The van der Waals surface area contributed by atoms with Gasteiger partial charge in [0.1, 0.15) is 11.8 Å². The zero-order chi connectivity index (χ0) is 17.8. The maximum atomic E-state index is 12.2. The van der Waals surface area contributed by atoms with E-state index in [0.29, 0.717) is 10.8 Å². The number of phenolic OH excluding ortho intramolecular Hbond substituents is 1. The van der Waals surface area contributed by atoms with Gasteiger partial charge in [-0.05, 0) is 55.8 Å². The average molecular weight is 354 g/mol. The largest absolute Gasteiger partial charge is 0.508 e. The third kappa shape index (κ3) is 4.13. The van der Waals surface area contributed by atoms with Crippen molar-refractivity contribution in [2.24, 2.45) is 5.10 Å². The van der Waals surface area contributed by atoms with E-state index < -0.39 is 6.04 Å². The number of carbonyl (C=O) groups is 1. The van der Waals surface area contributed by atoms with Crippen molar-refractivity contribution in [3.8, 4) is 5.75 Å². The molecule has 0 saturated heterocycles. The molecule has 128 valence electrons. The fourth-order valence-corrected chi connectivity index (χ4v) is 3.14. The molecule has 7 heteroatoms. The minimum atomic E-state index is -0.475. The van der Waals surface area contributed by atoms with Crippen LogP contribution < -0.4 is 10.7 Å². The maximum absolute atomic E-state index is 12.2. The van der Waals surface area contributed by atoms with E-state index in [1.165, 1.54) is 11.3 Å². The molecule has 0 unspecified atom stereocenters. The molecule has 0 spiro atoms. The number of benzene rings is 2. The number of phenols is 1. The van der Waals surface area contributed by atoms with Gasteiger partial charge in [-0.25, -0.2) is 10.4 Å². The zero-order valence-corrected chi connectivity index (χ0v) is 14.7. The number of carbonyl (C=O) groups excluding carboxylic acids is 1. The summed E-state index contributed by atoms with van der Waals surface area (Å²) in [7, 11) is 0. The number of fused-ring (bicyclic) bond motifs is 1. The normalized spacial score (nSPS) is 12.8. The second kappa shape index (κ2) is 7.31. The molecule has 1 amide bonds. The summed E-state index contributed by atoms with van der Waals surface area (Å²) < 4.78 is 1.07. The number of aromatic nitrogens is 1. The third-order valence-electron chi connectivity index (χ3n) is 3.65. The molecule has 1 aromatic heterocycles. The monoisotopic (exact) mass is 354 g/mol. The first-order valence-electron chi connectivity index (χ1n) is 7.78. The molecule has 0 aliphatic heterocycles. The lowest BCUT2D eigenvalue weighted by molar-refractivity contribution is -0.121. The molecule has 1 atom stereocenters. The second-order valence-electron chi connectivity index (χ2n) is 5.57. The van der Waals surface area contributed by atoms with Crippen LogP contribution in [0.2, 0.25) is 0 Å². The number of rotatable bonds is 5. The Morgan fingerprint density at radius 3 is 2.64 bits per heavy atom. The highest BCUT2D eigenvalue weighted by Gasteiger charge is 2.14. The summed E-state index contributed by atoms with van der Waals surface area (Å²) in [6.07, 6.45) is 0. The van der Waals surface area contributed by atoms with Gasteiger partial charge in [0.25, 0.3) is 5.91 Å². The molecule has 6 nitrogen and oxygen atoms in total. The summed E-state index contributed by atoms with van der Waals surface area (Å²) in [5, 5.41) is 17.2. The SMILES string of the molecule is C/C(=N\NC(=O)[C@H](C)Nc1nc2ccccc2s1)c1ccc(O)cc1. The molecule has 3 N–H and O–H groups in total. The highest BCUT2D eigenvalue weighted by atomic mass is 32.1. The van der Waals surface area contributed by atoms with Gasteiger partial charge in [-0.1, -0.05) is 23.5 Å². The summed E-state index contributed by atoms with van der Waals surface area (Å²) in [6.45, 7) is 3.55. The zero-order valence-electron chi connectivity index (χ0n) is 13.9. The van der Waals surface area contributed by atoms with Crippen LogP contribution in [0.25, 0.3) is 10.2 Å². The van der Waals surface area contributed by atoms with Crippen LogP contribution in [0.4, 0.5) is 5.13 Å². The van der Waals surface area contributed by atoms with E-state index in [1.54, 1.807) is 38.1 Å². The number of nitrogens with zero attached hydrogens (tertiary/aromatic N) is 2. The molecule has 0 fully saturated rings. The van der Waals surface area contributed by atoms with Gasteiger partial charge < -0.3 is 10.4 Å². The standard InChI is InChI=1S/C18H18N4O2S/c1-11(13-7-9-14(23)10-8-13)21-22-17(24)12(2)19-18-20-15-5-3-4-6-16(15)25-18/h3-10,12,23H,1-2H3,(H,19,20)(H,22,24)/b21-11+/t12-/m0/s1. The minimum Gasteiger partial charge on any atom is -0.508 e. The smallest absolute Gasteiger partial charge is 0.262 e. The Kier molecular flexibility index (Phi) is 4.95. The molecular weight excluding hydrogens is 336 g/mol. The number of para-hydroxylation sites is 1. The first-order chi connectivity index (χ1) is 12.0. The van der Waals surface area contributed by atoms with Gasteiger partial charge in [-0.2, -0.15) is 5.10 Å². The van der Waals surface area contributed by atoms with E-state index in [-0.39, 0.29) is 11.7 Å². The molecule has 25 heavy (non-hydrogen) atoms. The average Bonchev–Trinajstić information content (AvgIpc) is 3.02. The van der Waals surface area contributed by atoms with Gasteiger partial charge in [0.05, 0.1) is 15.9 Å². The molecule has 3 rings (SSSR count). The van der Waals surface area contributed by atoms with Crippen molar-refractivity contribution >= 4 is 38.3 Å². The second-order valence-corrected chi connectivity index (χ2v) is 6.60. The van der Waals surface area contributed by atoms with E-state index in [1.807, 2.05) is 24.3 Å². The van der Waals surface area contributed by atoms with Crippen molar-refractivity contribution in [1.29, 1.82) is 0 Å². The third-order valence-corrected chi connectivity index (χ3v) is 4.61. The first-order valence-corrected chi connectivity index (χ1v) is 8.60. The lowest BCUT2D eigenvalue weighted by atomic mass is 10.1. The summed E-state index contributed by atoms with van der Waals surface area (Å²) in [5.41, 5.74) is 4.93. The van der Waals surface area contributed by atoms with E-state index in [4.69, 9.17) is 0 Å². The van der Waals surface area contributed by atoms with E-state index in [2.05, 4.69) is 20.8 Å². The van der Waals surface area contributed by atoms with Crippen molar-refractivity contribution < 1.29 is 9.90 Å². The van der Waals surface area contributed by atoms with Gasteiger partial charge in [-0.3, -0.25) is 4.79 Å². The lowest BCUT2D eigenvalue weighted by Crippen LogP contribution is -2.35. The van der Waals surface area contributed by atoms with Crippen LogP contribution in [0.15, 0.2) is 53.6 Å². The molecule has 2 aromatic carbocycles. The van der Waals surface area contributed by atoms with E-state index in [9.17, 15) is 9.90 Å². The number of thiazole rings is 1. The molecular formula is C18H18N4O2S. The van der Waals surface area contributed by atoms with Crippen LogP contribution >= 0.6 is 11.3 Å². The maximum Gasteiger partial charge on any atom is 0.262 e. The lowest BCUT2D eigenvalue weighted by Gasteiger charge is -2.11. The van der Waals surface area contributed by atoms with E-state index >= 15 is 0 Å². The van der Waals surface area contributed by atoms with Crippen molar-refractivity contribution in [2.45, 2.75) is 19.9 Å². The Morgan fingerprint density at radius 2 is 1.92 bits per heavy atom. The Labute approximate surface area is 149 Å². The van der Waals surface area contributed by atoms with Crippen molar-refractivity contribution in [1.82, 2.24) is 10.4 Å². The van der Waals surface area contributed by atoms with Crippen LogP contribution in [-0.2, 0) is 4.79 Å². The van der Waals surface area contributed by atoms with Crippen molar-refractivity contribution in [3.63, 3.8) is 0 Å². The summed E-state index contributed by atoms with van der Waals surface area (Å²) in [5.74, 6) is -0.0633. The predicted molar refractivity (Wildman–Crippen MR) is 101 cm³/mol. The van der Waals surface area contributed by atoms with Crippen LogP contribution in [0.1, 0.15) is 19.4 Å². The van der Waals surface area contributed by atoms with Crippen LogP contribution in [0.5, 0.6) is 5.75 Å². The first kappa shape index (κ1) is 16.9. The van der Waals surface area contributed by atoms with Gasteiger partial charge in [0.2, 0.25) is 0 Å². The topological polar surface area (TPSA) is 86.6 Å². The highest BCUT2D eigenvalue weighted by Crippen LogP contribution is 2.25. The number of hydrogen-bond acceptors (Lipinski definition) is 6. The Morgan fingerprint density at radius 1 is 1.20 bits per heavy atom. The Hall–Kier alpha value is -2.93. The van der Waals surface area contributed by atoms with Gasteiger partial charge >= 0.3 is 0 Å². The van der Waals surface area contributed by atoms with E-state index in [0.717, 1.165) is 15.8 Å². The van der Waals surface area contributed by atoms with Crippen LogP contribution in [0.3, 0.4) is 0 Å². The molecule has 3 aromatic rings. The van der Waals surface area contributed by atoms with Crippen LogP contribution in [-0.4, -0.2) is 27.8 Å². The molecule has 0 saturated carbocycles. The Bertz CT molecular complexity index is 885. The van der Waals surface area contributed by atoms with Gasteiger partial charge in [0.15, 0.2) is 5.13 Å². The van der Waals surface area contributed by atoms with Crippen molar-refractivity contribution in [2.75, 3.05) is 5.32 Å². The number of nitrogens with one attached hydrogen (secondary N) is 2. The summed E-state index contributed by atoms with van der Waals surface area (Å²) in [6, 6.07) is 14.0. The Balaban J connectivity index is 1.62. The fourth-order valence-electron chi connectivity index (χ4n) is 2.19. The summed E-state index contributed by atoms with van der Waals surface area (Å²) in [4.78, 5) is 16.7. The quantitative estimate of drug-likeness (QED) is 0.484.